The van der Waals surface area contributed by atoms with Crippen molar-refractivity contribution in [3.8, 4) is 6.07 Å². The van der Waals surface area contributed by atoms with Gasteiger partial charge in [-0.25, -0.2) is 4.98 Å². The van der Waals surface area contributed by atoms with E-state index in [0.717, 1.165) is 32.1 Å². The highest BCUT2D eigenvalue weighted by Crippen LogP contribution is 2.45. The quantitative estimate of drug-likeness (QED) is 0.741. The molecule has 2 saturated heterocycles. The molecule has 0 radical (unpaired) electrons. The smallest absolute Gasteiger partial charge is 0.307 e. The Morgan fingerprint density at radius 3 is 2.67 bits per heavy atom. The van der Waals surface area contributed by atoms with Crippen LogP contribution in [-0.2, 0) is 14.3 Å². The van der Waals surface area contributed by atoms with Crippen molar-refractivity contribution in [2.75, 3.05) is 31.1 Å². The molecule has 0 unspecified atom stereocenters. The van der Waals surface area contributed by atoms with E-state index < -0.39 is 5.60 Å². The molecule has 3 aliphatic rings. The zero-order chi connectivity index (χ0) is 18.9. The lowest BCUT2D eigenvalue weighted by molar-refractivity contribution is -0.155. The maximum absolute atomic E-state index is 13.2. The molecule has 1 aliphatic carbocycles. The van der Waals surface area contributed by atoms with Gasteiger partial charge in [-0.15, -0.1) is 0 Å². The summed E-state index contributed by atoms with van der Waals surface area (Å²) in [5.41, 5.74) is -0.0216. The summed E-state index contributed by atoms with van der Waals surface area (Å²) < 4.78 is 5.69. The maximum Gasteiger partial charge on any atom is 0.307 e. The third-order valence-electron chi connectivity index (χ3n) is 6.12. The molecular weight excluding hydrogens is 344 g/mol. The topological polar surface area (TPSA) is 86.5 Å². The van der Waals surface area contributed by atoms with E-state index in [1.165, 1.54) is 0 Å². The monoisotopic (exact) mass is 368 g/mol. The van der Waals surface area contributed by atoms with E-state index in [-0.39, 0.29) is 24.2 Å². The molecule has 2 aliphatic heterocycles. The number of nitriles is 1. The molecule has 1 aromatic rings. The molecule has 7 heteroatoms. The second kappa shape index (κ2) is 7.18. The second-order valence-corrected chi connectivity index (χ2v) is 7.65. The molecule has 0 bridgehead atoms. The highest BCUT2D eigenvalue weighted by atomic mass is 16.6. The summed E-state index contributed by atoms with van der Waals surface area (Å²) in [5, 5.41) is 9.27. The number of ether oxygens (including phenoxy) is 1. The Kier molecular flexibility index (Phi) is 4.73. The standard InChI is InChI=1S/C20H24N4O3/c21-14-15-5-4-8-22-18(15)23-9-11-24(12-10-23)19(26)16-13-17(25)27-20(16)6-2-1-3-7-20/h4-5,8,16H,1-3,6-7,9-13H2/t16-/m0/s1. The zero-order valence-electron chi connectivity index (χ0n) is 15.4. The first-order valence-corrected chi connectivity index (χ1v) is 9.74. The number of carbonyl (C=O) groups is 2. The lowest BCUT2D eigenvalue weighted by Crippen LogP contribution is -2.54. The number of nitrogens with zero attached hydrogens (tertiary/aromatic N) is 4. The van der Waals surface area contributed by atoms with Gasteiger partial charge in [-0.2, -0.15) is 5.26 Å². The lowest BCUT2D eigenvalue weighted by Gasteiger charge is -2.41. The fraction of sp³-hybridized carbons (Fsp3) is 0.600. The van der Waals surface area contributed by atoms with Crippen molar-refractivity contribution in [3.05, 3.63) is 23.9 Å². The number of esters is 1. The Bertz CT molecular complexity index is 774. The van der Waals surface area contributed by atoms with Gasteiger partial charge in [0.15, 0.2) is 0 Å². The van der Waals surface area contributed by atoms with Gasteiger partial charge in [0.05, 0.1) is 17.9 Å². The highest BCUT2D eigenvalue weighted by Gasteiger charge is 2.53. The van der Waals surface area contributed by atoms with E-state index in [2.05, 4.69) is 16.0 Å². The third-order valence-corrected chi connectivity index (χ3v) is 6.12. The summed E-state index contributed by atoms with van der Waals surface area (Å²) in [4.78, 5) is 33.4. The Labute approximate surface area is 158 Å². The number of carbonyl (C=O) groups excluding carboxylic acids is 2. The van der Waals surface area contributed by atoms with Gasteiger partial charge in [-0.05, 0) is 37.8 Å². The van der Waals surface area contributed by atoms with Crippen LogP contribution in [-0.4, -0.2) is 53.5 Å². The number of anilines is 1. The number of aromatic nitrogens is 1. The first-order chi connectivity index (χ1) is 13.1. The van der Waals surface area contributed by atoms with Crippen molar-refractivity contribution in [1.29, 1.82) is 5.26 Å². The van der Waals surface area contributed by atoms with Gasteiger partial charge in [-0.3, -0.25) is 9.59 Å². The van der Waals surface area contributed by atoms with Crippen LogP contribution in [0.3, 0.4) is 0 Å². The van der Waals surface area contributed by atoms with Gasteiger partial charge in [0.1, 0.15) is 17.5 Å². The number of rotatable bonds is 2. The van der Waals surface area contributed by atoms with Gasteiger partial charge in [0, 0.05) is 32.4 Å². The predicted octanol–water partition coefficient (Wildman–Crippen LogP) is 1.87. The summed E-state index contributed by atoms with van der Waals surface area (Å²) in [7, 11) is 0. The van der Waals surface area contributed by atoms with Crippen LogP contribution in [0, 0.1) is 17.2 Å². The predicted molar refractivity (Wildman–Crippen MR) is 97.8 cm³/mol. The summed E-state index contributed by atoms with van der Waals surface area (Å²) in [6, 6.07) is 5.69. The summed E-state index contributed by atoms with van der Waals surface area (Å²) >= 11 is 0. The van der Waals surface area contributed by atoms with Crippen LogP contribution in [0.25, 0.3) is 0 Å². The zero-order valence-corrected chi connectivity index (χ0v) is 15.4. The van der Waals surface area contributed by atoms with Crippen LogP contribution in [0.2, 0.25) is 0 Å². The molecular formula is C20H24N4O3. The third kappa shape index (κ3) is 3.25. The Morgan fingerprint density at radius 2 is 1.96 bits per heavy atom. The second-order valence-electron chi connectivity index (χ2n) is 7.65. The molecule has 3 fully saturated rings. The molecule has 0 aromatic carbocycles. The first kappa shape index (κ1) is 17.8. The lowest BCUT2D eigenvalue weighted by atomic mass is 9.75. The molecule has 1 spiro atoms. The van der Waals surface area contributed by atoms with Gasteiger partial charge < -0.3 is 14.5 Å². The van der Waals surface area contributed by atoms with Crippen LogP contribution in [0.5, 0.6) is 0 Å². The minimum Gasteiger partial charge on any atom is -0.458 e. The first-order valence-electron chi connectivity index (χ1n) is 9.74. The van der Waals surface area contributed by atoms with E-state index >= 15 is 0 Å². The van der Waals surface area contributed by atoms with Crippen molar-refractivity contribution in [2.24, 2.45) is 5.92 Å². The Hall–Kier alpha value is -2.62. The summed E-state index contributed by atoms with van der Waals surface area (Å²) in [6.45, 7) is 2.40. The highest BCUT2D eigenvalue weighted by molar-refractivity contribution is 5.88. The minimum absolute atomic E-state index is 0.0453. The van der Waals surface area contributed by atoms with E-state index in [1.54, 1.807) is 18.3 Å². The molecule has 1 aromatic heterocycles. The molecule has 3 heterocycles. The number of hydrogen-bond donors (Lipinski definition) is 0. The van der Waals surface area contributed by atoms with Crippen molar-refractivity contribution >= 4 is 17.7 Å². The molecule has 27 heavy (non-hydrogen) atoms. The van der Waals surface area contributed by atoms with Gasteiger partial charge >= 0.3 is 5.97 Å². The summed E-state index contributed by atoms with van der Waals surface area (Å²) in [6.07, 6.45) is 6.66. The minimum atomic E-state index is -0.571. The van der Waals surface area contributed by atoms with Crippen molar-refractivity contribution in [1.82, 2.24) is 9.88 Å². The SMILES string of the molecule is N#Cc1cccnc1N1CCN(C(=O)[C@@H]2CC(=O)OC23CCCCC3)CC1. The van der Waals surface area contributed by atoms with Crippen LogP contribution in [0.4, 0.5) is 5.82 Å². The average Bonchev–Trinajstić information content (AvgIpc) is 3.03. The maximum atomic E-state index is 13.2. The van der Waals surface area contributed by atoms with Crippen molar-refractivity contribution in [2.45, 2.75) is 44.1 Å². The molecule has 0 N–H and O–H groups in total. The van der Waals surface area contributed by atoms with Gasteiger partial charge in [0.2, 0.25) is 5.91 Å². The molecule has 142 valence electrons. The molecule has 7 nitrogen and oxygen atoms in total. The molecule has 1 atom stereocenters. The molecule has 1 amide bonds. The van der Waals surface area contributed by atoms with Crippen LogP contribution < -0.4 is 4.90 Å². The Balaban J connectivity index is 1.44. The van der Waals surface area contributed by atoms with E-state index in [1.807, 2.05) is 4.90 Å². The van der Waals surface area contributed by atoms with Gasteiger partial charge in [-0.1, -0.05) is 6.42 Å². The van der Waals surface area contributed by atoms with Crippen molar-refractivity contribution in [3.63, 3.8) is 0 Å². The van der Waals surface area contributed by atoms with Crippen LogP contribution >= 0.6 is 0 Å². The summed E-state index contributed by atoms with van der Waals surface area (Å²) in [5.74, 6) is 0.140. The number of pyridine rings is 1. The number of piperazine rings is 1. The largest absolute Gasteiger partial charge is 0.458 e. The van der Waals surface area contributed by atoms with Crippen molar-refractivity contribution < 1.29 is 14.3 Å². The van der Waals surface area contributed by atoms with E-state index in [0.29, 0.717) is 37.6 Å². The molecule has 1 saturated carbocycles. The van der Waals surface area contributed by atoms with Crippen LogP contribution in [0.15, 0.2) is 18.3 Å². The number of hydrogen-bond acceptors (Lipinski definition) is 6. The van der Waals surface area contributed by atoms with E-state index in [4.69, 9.17) is 4.74 Å². The fourth-order valence-corrected chi connectivity index (χ4v) is 4.70. The number of amides is 1. The average molecular weight is 368 g/mol. The van der Waals surface area contributed by atoms with Gasteiger partial charge in [0.25, 0.3) is 0 Å². The molecule has 4 rings (SSSR count). The van der Waals surface area contributed by atoms with E-state index in [9.17, 15) is 14.9 Å². The normalized spacial score (nSPS) is 24.6. The fourth-order valence-electron chi connectivity index (χ4n) is 4.70. The van der Waals surface area contributed by atoms with Crippen LogP contribution in [0.1, 0.15) is 44.1 Å². The Morgan fingerprint density at radius 1 is 1.22 bits per heavy atom.